The number of aromatic nitrogens is 2. The molecule has 27 heavy (non-hydrogen) atoms. The van der Waals surface area contributed by atoms with Crippen LogP contribution in [0, 0.1) is 0 Å². The van der Waals surface area contributed by atoms with Crippen molar-refractivity contribution >= 4 is 28.2 Å². The van der Waals surface area contributed by atoms with Crippen molar-refractivity contribution in [3.8, 4) is 0 Å². The van der Waals surface area contributed by atoms with Crippen LogP contribution in [0.25, 0.3) is 4.96 Å². The number of nitrogens with one attached hydrogen (secondary N) is 1. The predicted octanol–water partition coefficient (Wildman–Crippen LogP) is 2.50. The largest absolute Gasteiger partial charge is 0.325 e. The first-order valence-electron chi connectivity index (χ1n) is 8.70. The van der Waals surface area contributed by atoms with E-state index < -0.39 is 11.6 Å². The van der Waals surface area contributed by atoms with Crippen molar-refractivity contribution in [1.29, 1.82) is 0 Å². The van der Waals surface area contributed by atoms with Gasteiger partial charge in [-0.25, -0.2) is 9.78 Å². The van der Waals surface area contributed by atoms with Gasteiger partial charge in [0.1, 0.15) is 5.54 Å². The summed E-state index contributed by atoms with van der Waals surface area (Å²) in [7, 11) is 0. The van der Waals surface area contributed by atoms with Crippen LogP contribution >= 0.6 is 11.3 Å². The molecule has 3 aromatic rings. The number of carbonyl (C=O) groups excluding carboxylic acids is 2. The second-order valence-corrected chi connectivity index (χ2v) is 7.36. The number of fused-ring (bicyclic) bond motifs is 1. The maximum absolute atomic E-state index is 13.3. The average Bonchev–Trinajstić information content (AvgIpc) is 3.23. The lowest BCUT2D eigenvalue weighted by Crippen LogP contribution is -2.43. The van der Waals surface area contributed by atoms with Crippen LogP contribution in [0.15, 0.2) is 52.8 Å². The fraction of sp³-hybridized carbons (Fsp3) is 0.263. The first kappa shape index (κ1) is 17.4. The van der Waals surface area contributed by atoms with Gasteiger partial charge in [-0.15, -0.1) is 11.3 Å². The number of nitrogens with zero attached hydrogens (tertiary/aromatic N) is 3. The summed E-state index contributed by atoms with van der Waals surface area (Å²) in [6, 6.07) is 10.2. The van der Waals surface area contributed by atoms with Crippen molar-refractivity contribution in [3.05, 3.63) is 69.6 Å². The molecule has 8 heteroatoms. The summed E-state index contributed by atoms with van der Waals surface area (Å²) >= 11 is 1.33. The maximum atomic E-state index is 13.3. The molecule has 1 aromatic carbocycles. The topological polar surface area (TPSA) is 83.8 Å². The molecule has 1 aliphatic rings. The van der Waals surface area contributed by atoms with Crippen LogP contribution in [-0.4, -0.2) is 26.2 Å². The molecular formula is C19H18N4O3S. The van der Waals surface area contributed by atoms with Gasteiger partial charge in [0.25, 0.3) is 11.5 Å². The summed E-state index contributed by atoms with van der Waals surface area (Å²) in [5.74, 6) is -0.311. The van der Waals surface area contributed by atoms with E-state index in [1.165, 1.54) is 21.8 Å². The van der Waals surface area contributed by atoms with E-state index in [9.17, 15) is 14.4 Å². The molecule has 0 spiro atoms. The summed E-state index contributed by atoms with van der Waals surface area (Å²) < 4.78 is 1.44. The Morgan fingerprint density at radius 1 is 1.19 bits per heavy atom. The minimum absolute atomic E-state index is 0.0351. The number of imide groups is 1. The minimum Gasteiger partial charge on any atom is -0.319 e. The second-order valence-electron chi connectivity index (χ2n) is 6.48. The molecule has 1 aliphatic heterocycles. The van der Waals surface area contributed by atoms with Crippen LogP contribution in [0.5, 0.6) is 0 Å². The lowest BCUT2D eigenvalue weighted by atomic mass is 9.85. The molecular weight excluding hydrogens is 364 g/mol. The number of carbonyl (C=O) groups is 2. The Morgan fingerprint density at radius 3 is 2.70 bits per heavy atom. The quantitative estimate of drug-likeness (QED) is 0.687. The predicted molar refractivity (Wildman–Crippen MR) is 101 cm³/mol. The summed E-state index contributed by atoms with van der Waals surface area (Å²) in [5.41, 5.74) is -0.151. The standard InChI is InChI=1S/C19H18N4O3S/c1-2-8-19(13-6-4-3-5-7-13)16(25)23(17(26)21-19)12-14-11-15(24)22-9-10-27-18(22)20-14/h3-7,9-11H,2,8,12H2,1H3,(H,21,26)/t19-/m0/s1. The molecule has 0 unspecified atom stereocenters. The Kier molecular flexibility index (Phi) is 4.27. The number of hydrogen-bond donors (Lipinski definition) is 1. The fourth-order valence-corrected chi connectivity index (χ4v) is 4.25. The minimum atomic E-state index is -1.07. The molecule has 3 amide bonds. The monoisotopic (exact) mass is 382 g/mol. The van der Waals surface area contributed by atoms with Crippen molar-refractivity contribution in [3.63, 3.8) is 0 Å². The van der Waals surface area contributed by atoms with Gasteiger partial charge in [0.05, 0.1) is 12.2 Å². The van der Waals surface area contributed by atoms with Crippen molar-refractivity contribution in [2.75, 3.05) is 0 Å². The molecule has 3 heterocycles. The maximum Gasteiger partial charge on any atom is 0.325 e. The van der Waals surface area contributed by atoms with Gasteiger partial charge in [-0.05, 0) is 12.0 Å². The van der Waals surface area contributed by atoms with Crippen LogP contribution in [0.3, 0.4) is 0 Å². The molecule has 2 aromatic heterocycles. The number of benzene rings is 1. The van der Waals surface area contributed by atoms with E-state index in [2.05, 4.69) is 10.3 Å². The second kappa shape index (κ2) is 6.62. The fourth-order valence-electron chi connectivity index (χ4n) is 3.51. The lowest BCUT2D eigenvalue weighted by molar-refractivity contribution is -0.132. The third-order valence-electron chi connectivity index (χ3n) is 4.74. The van der Waals surface area contributed by atoms with E-state index in [1.807, 2.05) is 37.3 Å². The first-order chi connectivity index (χ1) is 13.0. The van der Waals surface area contributed by atoms with Gasteiger partial charge in [-0.2, -0.15) is 0 Å². The molecule has 0 radical (unpaired) electrons. The van der Waals surface area contributed by atoms with E-state index in [-0.39, 0.29) is 18.0 Å². The number of amides is 3. The summed E-state index contributed by atoms with van der Waals surface area (Å²) in [6.45, 7) is 1.94. The van der Waals surface area contributed by atoms with E-state index >= 15 is 0 Å². The Labute approximate surface area is 159 Å². The van der Waals surface area contributed by atoms with Gasteiger partial charge in [-0.1, -0.05) is 43.7 Å². The number of rotatable bonds is 5. The van der Waals surface area contributed by atoms with E-state index in [4.69, 9.17) is 0 Å². The highest BCUT2D eigenvalue weighted by atomic mass is 32.1. The molecule has 0 bridgehead atoms. The molecule has 1 fully saturated rings. The number of hydrogen-bond acceptors (Lipinski definition) is 5. The van der Waals surface area contributed by atoms with Crippen molar-refractivity contribution < 1.29 is 9.59 Å². The van der Waals surface area contributed by atoms with Crippen LogP contribution in [0.2, 0.25) is 0 Å². The van der Waals surface area contributed by atoms with Gasteiger partial charge in [-0.3, -0.25) is 18.9 Å². The third-order valence-corrected chi connectivity index (χ3v) is 5.50. The van der Waals surface area contributed by atoms with Crippen LogP contribution in [0.4, 0.5) is 4.79 Å². The number of thiazole rings is 1. The molecule has 0 aliphatic carbocycles. The Bertz CT molecular complexity index is 1080. The van der Waals surface area contributed by atoms with E-state index in [1.54, 1.807) is 11.6 Å². The summed E-state index contributed by atoms with van der Waals surface area (Å²) in [6.07, 6.45) is 2.88. The number of urea groups is 1. The normalized spacial score (nSPS) is 19.7. The molecule has 0 saturated carbocycles. The Hall–Kier alpha value is -3.00. The third kappa shape index (κ3) is 2.82. The zero-order valence-corrected chi connectivity index (χ0v) is 15.5. The summed E-state index contributed by atoms with van der Waals surface area (Å²) in [5, 5.41) is 4.65. The zero-order valence-electron chi connectivity index (χ0n) is 14.7. The average molecular weight is 382 g/mol. The first-order valence-corrected chi connectivity index (χ1v) is 9.58. The molecule has 1 N–H and O–H groups in total. The molecule has 1 atom stereocenters. The summed E-state index contributed by atoms with van der Waals surface area (Å²) in [4.78, 5) is 44.2. The van der Waals surface area contributed by atoms with Gasteiger partial charge >= 0.3 is 6.03 Å². The molecule has 1 saturated heterocycles. The zero-order chi connectivity index (χ0) is 19.0. The van der Waals surface area contributed by atoms with Crippen LogP contribution in [-0.2, 0) is 16.9 Å². The van der Waals surface area contributed by atoms with Crippen molar-refractivity contribution in [2.24, 2.45) is 0 Å². The van der Waals surface area contributed by atoms with E-state index in [0.717, 1.165) is 16.9 Å². The Balaban J connectivity index is 1.70. The highest BCUT2D eigenvalue weighted by Gasteiger charge is 2.51. The van der Waals surface area contributed by atoms with Gasteiger partial charge in [0, 0.05) is 17.6 Å². The molecule has 4 rings (SSSR count). The smallest absolute Gasteiger partial charge is 0.319 e. The van der Waals surface area contributed by atoms with Crippen LogP contribution < -0.4 is 10.9 Å². The van der Waals surface area contributed by atoms with Crippen molar-refractivity contribution in [2.45, 2.75) is 31.8 Å². The van der Waals surface area contributed by atoms with Crippen LogP contribution in [0.1, 0.15) is 31.0 Å². The molecule has 7 nitrogen and oxygen atoms in total. The van der Waals surface area contributed by atoms with E-state index in [0.29, 0.717) is 17.1 Å². The van der Waals surface area contributed by atoms with Gasteiger partial charge in [0.15, 0.2) is 4.96 Å². The van der Waals surface area contributed by atoms with Crippen molar-refractivity contribution in [1.82, 2.24) is 19.6 Å². The van der Waals surface area contributed by atoms with Gasteiger partial charge in [0.2, 0.25) is 0 Å². The Morgan fingerprint density at radius 2 is 1.96 bits per heavy atom. The lowest BCUT2D eigenvalue weighted by Gasteiger charge is -2.26. The highest BCUT2D eigenvalue weighted by Crippen LogP contribution is 2.34. The highest BCUT2D eigenvalue weighted by molar-refractivity contribution is 7.15. The SMILES string of the molecule is CCC[C@@]1(c2ccccc2)NC(=O)N(Cc2cc(=O)n3ccsc3n2)C1=O. The van der Waals surface area contributed by atoms with Gasteiger partial charge < -0.3 is 5.32 Å². The molecule has 138 valence electrons.